The molecule has 31 heavy (non-hydrogen) atoms. The van der Waals surface area contributed by atoms with Crippen LogP contribution in [0.4, 0.5) is 10.1 Å². The summed E-state index contributed by atoms with van der Waals surface area (Å²) in [7, 11) is 0. The first-order chi connectivity index (χ1) is 15.0. The Kier molecular flexibility index (Phi) is 6.50. The summed E-state index contributed by atoms with van der Waals surface area (Å²) in [6.45, 7) is 0. The lowest BCUT2D eigenvalue weighted by molar-refractivity contribution is -0.113. The lowest BCUT2D eigenvalue weighted by Gasteiger charge is -2.11. The molecule has 2 aromatic heterocycles. The Bertz CT molecular complexity index is 1240. The summed E-state index contributed by atoms with van der Waals surface area (Å²) in [5, 5.41) is 12.5. The third kappa shape index (κ3) is 5.04. The number of halogens is 3. The van der Waals surface area contributed by atoms with Gasteiger partial charge in [-0.25, -0.2) is 4.39 Å². The molecule has 10 heteroatoms. The van der Waals surface area contributed by atoms with E-state index in [1.54, 1.807) is 47.3 Å². The van der Waals surface area contributed by atoms with Gasteiger partial charge in [0.1, 0.15) is 5.82 Å². The minimum atomic E-state index is -0.425. The van der Waals surface area contributed by atoms with Crippen molar-refractivity contribution in [2.24, 2.45) is 0 Å². The number of benzene rings is 2. The highest BCUT2D eigenvalue weighted by atomic mass is 35.5. The lowest BCUT2D eigenvalue weighted by atomic mass is 10.2. The number of nitrogens with one attached hydrogen (secondary N) is 1. The molecule has 0 fully saturated rings. The molecule has 1 N–H and O–H groups in total. The van der Waals surface area contributed by atoms with E-state index in [1.807, 2.05) is 6.07 Å². The van der Waals surface area contributed by atoms with E-state index in [0.717, 1.165) is 5.56 Å². The van der Waals surface area contributed by atoms with Crippen molar-refractivity contribution in [1.29, 1.82) is 0 Å². The van der Waals surface area contributed by atoms with Crippen molar-refractivity contribution in [3.8, 4) is 17.1 Å². The van der Waals surface area contributed by atoms with Gasteiger partial charge in [0.05, 0.1) is 21.5 Å². The van der Waals surface area contributed by atoms with Crippen LogP contribution in [-0.4, -0.2) is 31.4 Å². The van der Waals surface area contributed by atoms with Gasteiger partial charge in [-0.1, -0.05) is 41.0 Å². The average molecular weight is 474 g/mol. The zero-order valence-corrected chi connectivity index (χ0v) is 18.1. The molecule has 0 spiro atoms. The first kappa shape index (κ1) is 21.3. The minimum Gasteiger partial charge on any atom is -0.325 e. The molecule has 156 valence electrons. The molecule has 2 heterocycles. The van der Waals surface area contributed by atoms with E-state index in [0.29, 0.717) is 32.4 Å². The Morgan fingerprint density at radius 1 is 1.06 bits per heavy atom. The van der Waals surface area contributed by atoms with E-state index in [9.17, 15) is 9.18 Å². The van der Waals surface area contributed by atoms with Gasteiger partial charge >= 0.3 is 0 Å². The average Bonchev–Trinajstić information content (AvgIpc) is 3.19. The van der Waals surface area contributed by atoms with Gasteiger partial charge in [0.2, 0.25) is 5.91 Å². The van der Waals surface area contributed by atoms with Gasteiger partial charge in [0.15, 0.2) is 11.0 Å². The molecule has 0 saturated heterocycles. The standard InChI is InChI=1S/C21H14Cl2FN5OS/c22-17-7-6-16(10-18(17)23)29-20(13-3-2-8-25-11-13)27-28-21(29)31-12-19(30)26-15-5-1-4-14(24)9-15/h1-11H,12H2,(H,26,30). The van der Waals surface area contributed by atoms with E-state index < -0.39 is 5.82 Å². The van der Waals surface area contributed by atoms with Crippen LogP contribution in [0.15, 0.2) is 72.1 Å². The lowest BCUT2D eigenvalue weighted by Crippen LogP contribution is -2.14. The summed E-state index contributed by atoms with van der Waals surface area (Å²) in [4.78, 5) is 16.5. The second kappa shape index (κ2) is 9.47. The zero-order chi connectivity index (χ0) is 21.8. The fraction of sp³-hybridized carbons (Fsp3) is 0.0476. The Morgan fingerprint density at radius 2 is 1.94 bits per heavy atom. The number of thioether (sulfide) groups is 1. The number of rotatable bonds is 6. The fourth-order valence-corrected chi connectivity index (χ4v) is 3.84. The molecule has 0 bridgehead atoms. The van der Waals surface area contributed by atoms with Crippen molar-refractivity contribution in [2.75, 3.05) is 11.1 Å². The van der Waals surface area contributed by atoms with Crippen LogP contribution in [0.3, 0.4) is 0 Å². The molecule has 0 unspecified atom stereocenters. The summed E-state index contributed by atoms with van der Waals surface area (Å²) in [6.07, 6.45) is 3.33. The second-order valence-corrected chi connectivity index (χ2v) is 8.09. The highest BCUT2D eigenvalue weighted by molar-refractivity contribution is 7.99. The number of anilines is 1. The number of carbonyl (C=O) groups excluding carboxylic acids is 1. The first-order valence-corrected chi connectivity index (χ1v) is 10.7. The molecule has 4 rings (SSSR count). The molecule has 1 amide bonds. The number of hydrogen-bond donors (Lipinski definition) is 1. The van der Waals surface area contributed by atoms with Crippen LogP contribution < -0.4 is 5.32 Å². The van der Waals surface area contributed by atoms with Crippen molar-refractivity contribution in [1.82, 2.24) is 19.7 Å². The van der Waals surface area contributed by atoms with Crippen LogP contribution >= 0.6 is 35.0 Å². The molecule has 0 radical (unpaired) electrons. The number of nitrogens with zero attached hydrogens (tertiary/aromatic N) is 4. The van der Waals surface area contributed by atoms with E-state index in [1.165, 1.54) is 30.0 Å². The van der Waals surface area contributed by atoms with Crippen LogP contribution in [0.2, 0.25) is 10.0 Å². The smallest absolute Gasteiger partial charge is 0.234 e. The quantitative estimate of drug-likeness (QED) is 0.374. The monoisotopic (exact) mass is 473 g/mol. The Morgan fingerprint density at radius 3 is 2.68 bits per heavy atom. The molecule has 6 nitrogen and oxygen atoms in total. The predicted molar refractivity (Wildman–Crippen MR) is 120 cm³/mol. The Hall–Kier alpha value is -2.94. The van der Waals surface area contributed by atoms with Gasteiger partial charge in [0, 0.05) is 23.6 Å². The number of amides is 1. The molecular weight excluding hydrogens is 460 g/mol. The minimum absolute atomic E-state index is 0.0447. The number of carbonyl (C=O) groups is 1. The van der Waals surface area contributed by atoms with Crippen LogP contribution in [0.25, 0.3) is 17.1 Å². The molecule has 0 aliphatic carbocycles. The Balaban J connectivity index is 1.62. The van der Waals surface area contributed by atoms with Crippen molar-refractivity contribution in [3.05, 3.63) is 82.9 Å². The van der Waals surface area contributed by atoms with Crippen LogP contribution in [0, 0.1) is 5.82 Å². The van der Waals surface area contributed by atoms with Crippen molar-refractivity contribution in [2.45, 2.75) is 5.16 Å². The first-order valence-electron chi connectivity index (χ1n) is 9.01. The summed E-state index contributed by atoms with van der Waals surface area (Å²) in [5.74, 6) is -0.143. The third-order valence-corrected chi connectivity index (χ3v) is 5.82. The van der Waals surface area contributed by atoms with Gasteiger partial charge in [-0.2, -0.15) is 0 Å². The summed E-state index contributed by atoms with van der Waals surface area (Å²) < 4.78 is 15.1. The van der Waals surface area contributed by atoms with E-state index in [2.05, 4.69) is 20.5 Å². The van der Waals surface area contributed by atoms with E-state index in [-0.39, 0.29) is 11.7 Å². The van der Waals surface area contributed by atoms with E-state index >= 15 is 0 Å². The highest BCUT2D eigenvalue weighted by Crippen LogP contribution is 2.31. The highest BCUT2D eigenvalue weighted by Gasteiger charge is 2.18. The second-order valence-electron chi connectivity index (χ2n) is 6.33. The SMILES string of the molecule is O=C(CSc1nnc(-c2cccnc2)n1-c1ccc(Cl)c(Cl)c1)Nc1cccc(F)c1. The predicted octanol–water partition coefficient (Wildman–Crippen LogP) is 5.51. The van der Waals surface area contributed by atoms with Crippen LogP contribution in [0.5, 0.6) is 0 Å². The maximum Gasteiger partial charge on any atom is 0.234 e. The molecule has 0 aliphatic rings. The van der Waals surface area contributed by atoms with Crippen LogP contribution in [-0.2, 0) is 4.79 Å². The van der Waals surface area contributed by atoms with Crippen molar-refractivity contribution in [3.63, 3.8) is 0 Å². The molecule has 0 aliphatic heterocycles. The fourth-order valence-electron chi connectivity index (χ4n) is 2.80. The molecular formula is C21H14Cl2FN5OS. The summed E-state index contributed by atoms with van der Waals surface area (Å²) in [6, 6.07) is 14.5. The molecule has 2 aromatic carbocycles. The number of aromatic nitrogens is 4. The van der Waals surface area contributed by atoms with Crippen molar-refractivity contribution >= 4 is 46.6 Å². The largest absolute Gasteiger partial charge is 0.325 e. The van der Waals surface area contributed by atoms with Crippen LogP contribution in [0.1, 0.15) is 0 Å². The number of pyridine rings is 1. The molecule has 0 atom stereocenters. The normalized spacial score (nSPS) is 10.8. The van der Waals surface area contributed by atoms with Gasteiger partial charge in [-0.3, -0.25) is 14.3 Å². The third-order valence-electron chi connectivity index (χ3n) is 4.16. The van der Waals surface area contributed by atoms with Gasteiger partial charge in [-0.15, -0.1) is 10.2 Å². The molecule has 4 aromatic rings. The van der Waals surface area contributed by atoms with Gasteiger partial charge < -0.3 is 5.32 Å². The maximum atomic E-state index is 13.3. The number of hydrogen-bond acceptors (Lipinski definition) is 5. The molecule has 0 saturated carbocycles. The zero-order valence-electron chi connectivity index (χ0n) is 15.8. The van der Waals surface area contributed by atoms with E-state index in [4.69, 9.17) is 23.2 Å². The van der Waals surface area contributed by atoms with Gasteiger partial charge in [-0.05, 0) is 48.5 Å². The maximum absolute atomic E-state index is 13.3. The summed E-state index contributed by atoms with van der Waals surface area (Å²) in [5.41, 5.74) is 1.82. The van der Waals surface area contributed by atoms with Gasteiger partial charge in [0.25, 0.3) is 0 Å². The topological polar surface area (TPSA) is 72.7 Å². The summed E-state index contributed by atoms with van der Waals surface area (Å²) >= 11 is 13.5. The van der Waals surface area contributed by atoms with Crippen molar-refractivity contribution < 1.29 is 9.18 Å². The Labute approximate surface area is 191 Å².